The Morgan fingerprint density at radius 2 is 2.05 bits per heavy atom. The Bertz CT molecular complexity index is 398. The monoisotopic (exact) mass is 299 g/mol. The third-order valence-electron chi connectivity index (χ3n) is 3.05. The van der Waals surface area contributed by atoms with Gasteiger partial charge in [0.05, 0.1) is 6.42 Å². The van der Waals surface area contributed by atoms with Crippen LogP contribution in [0, 0.1) is 0 Å². The third-order valence-corrected chi connectivity index (χ3v) is 3.05. The van der Waals surface area contributed by atoms with Gasteiger partial charge in [0.25, 0.3) is 0 Å². The second-order valence-electron chi connectivity index (χ2n) is 4.71. The molecule has 0 spiro atoms. The molecule has 1 rings (SSSR count). The van der Waals surface area contributed by atoms with Gasteiger partial charge in [0.1, 0.15) is 0 Å². The molecule has 0 saturated carbocycles. The van der Waals surface area contributed by atoms with E-state index < -0.39 is 0 Å². The molecular weight excluding hydrogens is 274 g/mol. The number of amides is 1. The van der Waals surface area contributed by atoms with Gasteiger partial charge in [0.15, 0.2) is 0 Å². The van der Waals surface area contributed by atoms with Gasteiger partial charge in [-0.2, -0.15) is 0 Å². The summed E-state index contributed by atoms with van der Waals surface area (Å²) in [4.78, 5) is 14.1. The number of anilines is 1. The number of likely N-dealkylation sites (N-methyl/N-ethyl adjacent to an activating group) is 1. The lowest BCUT2D eigenvalue weighted by molar-refractivity contribution is -0.120. The van der Waals surface area contributed by atoms with Crippen LogP contribution in [0.1, 0.15) is 25.8 Å². The first-order valence-corrected chi connectivity index (χ1v) is 6.99. The number of carbonyl (C=O) groups excluding carboxylic acids is 1. The SMILES string of the molecule is CCCN(CC)CCNC(=O)Cc1cccc(N)c1.Cl. The summed E-state index contributed by atoms with van der Waals surface area (Å²) >= 11 is 0. The van der Waals surface area contributed by atoms with Gasteiger partial charge < -0.3 is 16.0 Å². The van der Waals surface area contributed by atoms with Crippen LogP contribution in [0.15, 0.2) is 24.3 Å². The molecule has 1 aromatic rings. The summed E-state index contributed by atoms with van der Waals surface area (Å²) in [5.74, 6) is 0.0538. The van der Waals surface area contributed by atoms with Crippen LogP contribution in [0.25, 0.3) is 0 Å². The zero-order chi connectivity index (χ0) is 14.1. The predicted molar refractivity (Wildman–Crippen MR) is 87.2 cm³/mol. The smallest absolute Gasteiger partial charge is 0.224 e. The average Bonchev–Trinajstić information content (AvgIpc) is 2.37. The maximum Gasteiger partial charge on any atom is 0.224 e. The van der Waals surface area contributed by atoms with E-state index >= 15 is 0 Å². The summed E-state index contributed by atoms with van der Waals surface area (Å²) in [6, 6.07) is 7.46. The van der Waals surface area contributed by atoms with Crippen LogP contribution in [0.3, 0.4) is 0 Å². The molecule has 0 aliphatic carbocycles. The Hall–Kier alpha value is -1.26. The summed E-state index contributed by atoms with van der Waals surface area (Å²) in [5.41, 5.74) is 7.34. The Morgan fingerprint density at radius 1 is 1.30 bits per heavy atom. The van der Waals surface area contributed by atoms with E-state index in [9.17, 15) is 4.79 Å². The van der Waals surface area contributed by atoms with Gasteiger partial charge >= 0.3 is 0 Å². The first-order valence-electron chi connectivity index (χ1n) is 6.99. The van der Waals surface area contributed by atoms with Crippen LogP contribution in [0.2, 0.25) is 0 Å². The number of nitrogens with two attached hydrogens (primary N) is 1. The first-order chi connectivity index (χ1) is 9.15. The van der Waals surface area contributed by atoms with Gasteiger partial charge in [0.2, 0.25) is 5.91 Å². The largest absolute Gasteiger partial charge is 0.399 e. The van der Waals surface area contributed by atoms with E-state index in [2.05, 4.69) is 24.1 Å². The number of nitrogens with zero attached hydrogens (tertiary/aromatic N) is 1. The highest BCUT2D eigenvalue weighted by Gasteiger charge is 2.05. The van der Waals surface area contributed by atoms with Crippen molar-refractivity contribution >= 4 is 24.0 Å². The van der Waals surface area contributed by atoms with Crippen molar-refractivity contribution in [3.05, 3.63) is 29.8 Å². The minimum Gasteiger partial charge on any atom is -0.399 e. The number of nitrogens with one attached hydrogen (secondary N) is 1. The third kappa shape index (κ3) is 7.36. The summed E-state index contributed by atoms with van der Waals surface area (Å²) in [5, 5.41) is 2.95. The molecule has 3 N–H and O–H groups in total. The zero-order valence-electron chi connectivity index (χ0n) is 12.4. The molecular formula is C15H26ClN3O. The van der Waals surface area contributed by atoms with Gasteiger partial charge in [-0.25, -0.2) is 0 Å². The molecule has 114 valence electrons. The van der Waals surface area contributed by atoms with E-state index in [0.717, 1.165) is 31.6 Å². The van der Waals surface area contributed by atoms with Gasteiger partial charge in [-0.15, -0.1) is 12.4 Å². The highest BCUT2D eigenvalue weighted by Crippen LogP contribution is 2.06. The summed E-state index contributed by atoms with van der Waals surface area (Å²) in [6.45, 7) is 8.04. The molecule has 1 aromatic carbocycles. The Morgan fingerprint density at radius 3 is 2.65 bits per heavy atom. The van der Waals surface area contributed by atoms with Crippen LogP contribution in [-0.2, 0) is 11.2 Å². The molecule has 4 nitrogen and oxygen atoms in total. The predicted octanol–water partition coefficient (Wildman–Crippen LogP) is 2.08. The lowest BCUT2D eigenvalue weighted by Gasteiger charge is -2.19. The van der Waals surface area contributed by atoms with Crippen molar-refractivity contribution in [1.29, 1.82) is 0 Å². The topological polar surface area (TPSA) is 58.4 Å². The van der Waals surface area contributed by atoms with Crippen LogP contribution in [-0.4, -0.2) is 37.0 Å². The molecule has 0 atom stereocenters. The number of hydrogen-bond donors (Lipinski definition) is 2. The van der Waals surface area contributed by atoms with E-state index in [1.807, 2.05) is 24.3 Å². The fraction of sp³-hybridized carbons (Fsp3) is 0.533. The Balaban J connectivity index is 0.00000361. The summed E-state index contributed by atoms with van der Waals surface area (Å²) < 4.78 is 0. The quantitative estimate of drug-likeness (QED) is 0.723. The standard InChI is InChI=1S/C15H25N3O.ClH/c1-3-9-18(4-2)10-8-17-15(19)12-13-6-5-7-14(16)11-13;/h5-7,11H,3-4,8-10,12,16H2,1-2H3,(H,17,19);1H. The van der Waals surface area contributed by atoms with Gasteiger partial charge in [-0.05, 0) is 37.2 Å². The molecule has 0 radical (unpaired) electrons. The number of carbonyl (C=O) groups is 1. The van der Waals surface area contributed by atoms with Crippen molar-refractivity contribution in [3.8, 4) is 0 Å². The highest BCUT2D eigenvalue weighted by molar-refractivity contribution is 5.85. The second kappa shape index (κ2) is 10.5. The molecule has 0 aromatic heterocycles. The van der Waals surface area contributed by atoms with Crippen LogP contribution in [0.4, 0.5) is 5.69 Å². The molecule has 1 amide bonds. The van der Waals surface area contributed by atoms with Crippen molar-refractivity contribution in [2.45, 2.75) is 26.7 Å². The molecule has 0 aliphatic heterocycles. The molecule has 0 fully saturated rings. The minimum absolute atomic E-state index is 0. The highest BCUT2D eigenvalue weighted by atomic mass is 35.5. The Labute approximate surface area is 128 Å². The molecule has 5 heteroatoms. The lowest BCUT2D eigenvalue weighted by atomic mass is 10.1. The van der Waals surface area contributed by atoms with Crippen molar-refractivity contribution in [1.82, 2.24) is 10.2 Å². The van der Waals surface area contributed by atoms with Crippen molar-refractivity contribution in [3.63, 3.8) is 0 Å². The van der Waals surface area contributed by atoms with E-state index in [1.54, 1.807) is 0 Å². The van der Waals surface area contributed by atoms with Gasteiger partial charge in [-0.1, -0.05) is 26.0 Å². The van der Waals surface area contributed by atoms with E-state index in [1.165, 1.54) is 0 Å². The normalized spacial score (nSPS) is 10.2. The second-order valence-corrected chi connectivity index (χ2v) is 4.71. The van der Waals surface area contributed by atoms with Crippen LogP contribution in [0.5, 0.6) is 0 Å². The van der Waals surface area contributed by atoms with E-state index in [4.69, 9.17) is 5.73 Å². The van der Waals surface area contributed by atoms with Crippen molar-refractivity contribution in [2.24, 2.45) is 0 Å². The number of benzene rings is 1. The number of halogens is 1. The van der Waals surface area contributed by atoms with Crippen molar-refractivity contribution < 1.29 is 4.79 Å². The number of nitrogen functional groups attached to an aromatic ring is 1. The van der Waals surface area contributed by atoms with Crippen LogP contribution >= 0.6 is 12.4 Å². The first kappa shape index (κ1) is 18.7. The molecule has 0 unspecified atom stereocenters. The maximum atomic E-state index is 11.8. The molecule has 20 heavy (non-hydrogen) atoms. The lowest BCUT2D eigenvalue weighted by Crippen LogP contribution is -2.35. The van der Waals surface area contributed by atoms with Gasteiger partial charge in [0, 0.05) is 18.8 Å². The summed E-state index contributed by atoms with van der Waals surface area (Å²) in [6.07, 6.45) is 1.54. The van der Waals surface area contributed by atoms with E-state index in [-0.39, 0.29) is 18.3 Å². The minimum atomic E-state index is 0. The number of hydrogen-bond acceptors (Lipinski definition) is 3. The van der Waals surface area contributed by atoms with E-state index in [0.29, 0.717) is 18.7 Å². The number of rotatable bonds is 8. The van der Waals surface area contributed by atoms with Crippen LogP contribution < -0.4 is 11.1 Å². The molecule has 0 heterocycles. The van der Waals surface area contributed by atoms with Crippen molar-refractivity contribution in [2.75, 3.05) is 31.9 Å². The zero-order valence-corrected chi connectivity index (χ0v) is 13.2. The summed E-state index contributed by atoms with van der Waals surface area (Å²) in [7, 11) is 0. The van der Waals surface area contributed by atoms with Gasteiger partial charge in [-0.3, -0.25) is 4.79 Å². The fourth-order valence-electron chi connectivity index (χ4n) is 2.05. The molecule has 0 aliphatic rings. The fourth-order valence-corrected chi connectivity index (χ4v) is 2.05. The molecule has 0 bridgehead atoms. The maximum absolute atomic E-state index is 11.8. The average molecular weight is 300 g/mol. The Kier molecular flexibility index (Phi) is 9.86. The molecule has 0 saturated heterocycles.